The molecule has 0 aromatic heterocycles. The molecule has 2 aliphatic rings. The van der Waals surface area contributed by atoms with E-state index in [9.17, 15) is 9.18 Å². The van der Waals surface area contributed by atoms with Crippen molar-refractivity contribution in [3.63, 3.8) is 0 Å². The average Bonchev–Trinajstić information content (AvgIpc) is 2.92. The molecule has 2 atom stereocenters. The number of benzene rings is 1. The SMILES string of the molecule is C[C@H]1CCCCN1C(=O)[C@]1(C)CC(c2ccc(F)cc2)=NO1. The van der Waals surface area contributed by atoms with Crippen LogP contribution in [0.5, 0.6) is 0 Å². The average molecular weight is 304 g/mol. The van der Waals surface area contributed by atoms with Crippen LogP contribution in [0.2, 0.25) is 0 Å². The molecule has 0 spiro atoms. The molecule has 0 saturated carbocycles. The van der Waals surface area contributed by atoms with E-state index in [0.29, 0.717) is 12.1 Å². The normalized spacial score (nSPS) is 28.2. The third kappa shape index (κ3) is 2.72. The number of rotatable bonds is 2. The van der Waals surface area contributed by atoms with E-state index in [-0.39, 0.29) is 17.8 Å². The van der Waals surface area contributed by atoms with E-state index in [1.54, 1.807) is 19.1 Å². The molecule has 0 aliphatic carbocycles. The first-order valence-corrected chi connectivity index (χ1v) is 7.82. The number of hydrogen-bond donors (Lipinski definition) is 0. The highest BCUT2D eigenvalue weighted by Gasteiger charge is 2.45. The van der Waals surface area contributed by atoms with Gasteiger partial charge in [0.25, 0.3) is 5.91 Å². The van der Waals surface area contributed by atoms with E-state index < -0.39 is 5.60 Å². The maximum atomic E-state index is 13.0. The standard InChI is InChI=1S/C17H21FN2O2/c1-12-5-3-4-10-20(12)16(21)17(2)11-15(19-22-17)13-6-8-14(18)9-7-13/h6-9,12H,3-5,10-11H2,1-2H3/t12-,17-/m0/s1. The molecule has 118 valence electrons. The van der Waals surface area contributed by atoms with Gasteiger partial charge in [-0.05, 0) is 50.8 Å². The summed E-state index contributed by atoms with van der Waals surface area (Å²) in [7, 11) is 0. The molecule has 0 unspecified atom stereocenters. The van der Waals surface area contributed by atoms with E-state index >= 15 is 0 Å². The minimum absolute atomic E-state index is 0.000520. The van der Waals surface area contributed by atoms with E-state index in [0.717, 1.165) is 24.9 Å². The minimum atomic E-state index is -0.949. The van der Waals surface area contributed by atoms with E-state index in [2.05, 4.69) is 12.1 Å². The largest absolute Gasteiger partial charge is 0.379 e. The van der Waals surface area contributed by atoms with Crippen LogP contribution in [0.4, 0.5) is 4.39 Å². The molecule has 0 N–H and O–H groups in total. The van der Waals surface area contributed by atoms with Crippen molar-refractivity contribution >= 4 is 11.6 Å². The smallest absolute Gasteiger partial charge is 0.269 e. The fourth-order valence-corrected chi connectivity index (χ4v) is 3.16. The zero-order valence-electron chi connectivity index (χ0n) is 13.0. The molecule has 4 nitrogen and oxygen atoms in total. The molecule has 1 aromatic rings. The molecule has 1 amide bonds. The summed E-state index contributed by atoms with van der Waals surface area (Å²) in [5, 5.41) is 4.08. The van der Waals surface area contributed by atoms with Gasteiger partial charge in [0, 0.05) is 19.0 Å². The lowest BCUT2D eigenvalue weighted by Gasteiger charge is -2.37. The van der Waals surface area contributed by atoms with Crippen molar-refractivity contribution in [2.75, 3.05) is 6.54 Å². The maximum absolute atomic E-state index is 13.0. The molecule has 22 heavy (non-hydrogen) atoms. The Balaban J connectivity index is 1.73. The molecule has 1 aromatic carbocycles. The number of oxime groups is 1. The summed E-state index contributed by atoms with van der Waals surface area (Å²) in [5.74, 6) is -0.287. The fourth-order valence-electron chi connectivity index (χ4n) is 3.16. The van der Waals surface area contributed by atoms with Crippen LogP contribution in [0.1, 0.15) is 45.1 Å². The van der Waals surface area contributed by atoms with E-state index in [4.69, 9.17) is 4.84 Å². The molecule has 1 fully saturated rings. The number of nitrogens with zero attached hydrogens (tertiary/aromatic N) is 2. The zero-order chi connectivity index (χ0) is 15.7. The molecule has 1 saturated heterocycles. The number of halogens is 1. The van der Waals surface area contributed by atoms with E-state index in [1.165, 1.54) is 18.6 Å². The fraction of sp³-hybridized carbons (Fsp3) is 0.529. The Bertz CT molecular complexity index is 599. The lowest BCUT2D eigenvalue weighted by Crippen LogP contribution is -2.52. The second-order valence-corrected chi connectivity index (χ2v) is 6.39. The van der Waals surface area contributed by atoms with Gasteiger partial charge in [0.2, 0.25) is 5.60 Å². The number of likely N-dealkylation sites (tertiary alicyclic amines) is 1. The van der Waals surface area contributed by atoms with Crippen LogP contribution >= 0.6 is 0 Å². The Labute approximate surface area is 129 Å². The molecule has 3 rings (SSSR count). The highest BCUT2D eigenvalue weighted by atomic mass is 19.1. The number of amides is 1. The van der Waals surface area contributed by atoms with Crippen molar-refractivity contribution in [3.05, 3.63) is 35.6 Å². The Kier molecular flexibility index (Phi) is 3.89. The number of piperidine rings is 1. The van der Waals surface area contributed by atoms with Gasteiger partial charge in [-0.25, -0.2) is 4.39 Å². The predicted octanol–water partition coefficient (Wildman–Crippen LogP) is 3.11. The first kappa shape index (κ1) is 15.0. The van der Waals surface area contributed by atoms with Gasteiger partial charge in [-0.1, -0.05) is 17.3 Å². The lowest BCUT2D eigenvalue weighted by atomic mass is 9.92. The number of hydrogen-bond acceptors (Lipinski definition) is 3. The van der Waals surface area contributed by atoms with Crippen molar-refractivity contribution in [2.24, 2.45) is 5.16 Å². The van der Waals surface area contributed by atoms with Crippen LogP contribution in [-0.2, 0) is 9.63 Å². The molecular formula is C17H21FN2O2. The van der Waals surface area contributed by atoms with Gasteiger partial charge in [-0.3, -0.25) is 4.79 Å². The quantitative estimate of drug-likeness (QED) is 0.842. The highest BCUT2D eigenvalue weighted by Crippen LogP contribution is 2.31. The molecule has 0 radical (unpaired) electrons. The lowest BCUT2D eigenvalue weighted by molar-refractivity contribution is -0.156. The second kappa shape index (κ2) is 5.71. The van der Waals surface area contributed by atoms with Crippen LogP contribution in [0.25, 0.3) is 0 Å². The van der Waals surface area contributed by atoms with E-state index in [1.807, 2.05) is 4.90 Å². The van der Waals surface area contributed by atoms with Gasteiger partial charge in [0.1, 0.15) is 5.82 Å². The number of carbonyl (C=O) groups is 1. The molecule has 2 heterocycles. The topological polar surface area (TPSA) is 41.9 Å². The van der Waals surface area contributed by atoms with Crippen molar-refractivity contribution in [1.82, 2.24) is 4.90 Å². The first-order valence-electron chi connectivity index (χ1n) is 7.82. The van der Waals surface area contributed by atoms with Crippen molar-refractivity contribution < 1.29 is 14.0 Å². The summed E-state index contributed by atoms with van der Waals surface area (Å²) in [4.78, 5) is 20.2. The third-order valence-corrected chi connectivity index (χ3v) is 4.56. The summed E-state index contributed by atoms with van der Waals surface area (Å²) in [6.45, 7) is 4.65. The Morgan fingerprint density at radius 2 is 2.09 bits per heavy atom. The third-order valence-electron chi connectivity index (χ3n) is 4.56. The van der Waals surface area contributed by atoms with Gasteiger partial charge in [-0.15, -0.1) is 0 Å². The first-order chi connectivity index (χ1) is 10.5. The monoisotopic (exact) mass is 304 g/mol. The maximum Gasteiger partial charge on any atom is 0.269 e. The molecule has 5 heteroatoms. The Morgan fingerprint density at radius 1 is 1.36 bits per heavy atom. The zero-order valence-corrected chi connectivity index (χ0v) is 13.0. The van der Waals surface area contributed by atoms with Crippen molar-refractivity contribution in [2.45, 2.75) is 51.2 Å². The summed E-state index contributed by atoms with van der Waals surface area (Å²) in [5.41, 5.74) is 0.542. The van der Waals surface area contributed by atoms with Crippen LogP contribution in [-0.4, -0.2) is 34.7 Å². The molecule has 0 bridgehead atoms. The second-order valence-electron chi connectivity index (χ2n) is 6.39. The predicted molar refractivity (Wildman–Crippen MR) is 82.1 cm³/mol. The van der Waals surface area contributed by atoms with Gasteiger partial charge in [0.05, 0.1) is 5.71 Å². The van der Waals surface area contributed by atoms with Crippen LogP contribution < -0.4 is 0 Å². The summed E-state index contributed by atoms with van der Waals surface area (Å²) in [6.07, 6.45) is 3.66. The molecule has 2 aliphatic heterocycles. The van der Waals surface area contributed by atoms with Crippen molar-refractivity contribution in [3.8, 4) is 0 Å². The Hall–Kier alpha value is -1.91. The highest BCUT2D eigenvalue weighted by molar-refractivity contribution is 6.05. The summed E-state index contributed by atoms with van der Waals surface area (Å²) < 4.78 is 13.0. The van der Waals surface area contributed by atoms with Gasteiger partial charge < -0.3 is 9.74 Å². The van der Waals surface area contributed by atoms with Crippen LogP contribution in [0.15, 0.2) is 29.4 Å². The van der Waals surface area contributed by atoms with Crippen LogP contribution in [0.3, 0.4) is 0 Å². The van der Waals surface area contributed by atoms with Crippen LogP contribution in [0, 0.1) is 5.82 Å². The van der Waals surface area contributed by atoms with Gasteiger partial charge in [0.15, 0.2) is 0 Å². The minimum Gasteiger partial charge on any atom is -0.379 e. The molecular weight excluding hydrogens is 283 g/mol. The van der Waals surface area contributed by atoms with Gasteiger partial charge >= 0.3 is 0 Å². The van der Waals surface area contributed by atoms with Gasteiger partial charge in [-0.2, -0.15) is 0 Å². The summed E-state index contributed by atoms with van der Waals surface area (Å²) >= 11 is 0. The van der Waals surface area contributed by atoms with Crippen molar-refractivity contribution in [1.29, 1.82) is 0 Å². The number of carbonyl (C=O) groups excluding carboxylic acids is 1. The Morgan fingerprint density at radius 3 is 2.77 bits per heavy atom. The summed E-state index contributed by atoms with van der Waals surface area (Å²) in [6, 6.07) is 6.36.